The molecule has 3 nitrogen and oxygen atoms in total. The van der Waals surface area contributed by atoms with Crippen molar-refractivity contribution in [2.75, 3.05) is 11.5 Å². The summed E-state index contributed by atoms with van der Waals surface area (Å²) in [5, 5.41) is 0. The third kappa shape index (κ3) is 4.49. The summed E-state index contributed by atoms with van der Waals surface area (Å²) in [7, 11) is -2.87. The average molecular weight is 163 g/mol. The highest BCUT2D eigenvalue weighted by Crippen LogP contribution is 1.94. The smallest absolute Gasteiger partial charge is 0.198 e. The molecule has 0 N–H and O–H groups in total. The molecule has 0 unspecified atom stereocenters. The Morgan fingerprint density at radius 2 is 2.00 bits per heavy atom. The first-order valence-electron chi connectivity index (χ1n) is 3.18. The molecule has 0 atom stereocenters. The van der Waals surface area contributed by atoms with E-state index in [-0.39, 0.29) is 17.9 Å². The SMILES string of the molecule is CCS(=O)(=O)CCC[C]=O. The van der Waals surface area contributed by atoms with E-state index in [2.05, 4.69) is 0 Å². The quantitative estimate of drug-likeness (QED) is 0.548. The number of hydrogen-bond acceptors (Lipinski definition) is 3. The lowest BCUT2D eigenvalue weighted by molar-refractivity contribution is 0.550. The molecule has 0 aromatic rings. The zero-order chi connectivity index (χ0) is 8.04. The van der Waals surface area contributed by atoms with Crippen LogP contribution in [0.25, 0.3) is 0 Å². The van der Waals surface area contributed by atoms with E-state index in [4.69, 9.17) is 0 Å². The molecule has 0 amide bonds. The molecule has 0 aromatic heterocycles. The number of unbranched alkanes of at least 4 members (excludes halogenated alkanes) is 1. The molecule has 0 saturated carbocycles. The van der Waals surface area contributed by atoms with Gasteiger partial charge in [0.15, 0.2) is 6.29 Å². The minimum atomic E-state index is -2.87. The monoisotopic (exact) mass is 163 g/mol. The largest absolute Gasteiger partial charge is 0.291 e. The fourth-order valence-electron chi connectivity index (χ4n) is 0.509. The highest BCUT2D eigenvalue weighted by Gasteiger charge is 2.05. The summed E-state index contributed by atoms with van der Waals surface area (Å²) in [6, 6.07) is 0. The standard InChI is InChI=1S/C6H11O3S/c1-2-10(8,9)6-4-3-5-7/h2-4,6H2,1H3. The van der Waals surface area contributed by atoms with Gasteiger partial charge in [0.1, 0.15) is 9.84 Å². The lowest BCUT2D eigenvalue weighted by Crippen LogP contribution is -2.08. The second-order valence-corrected chi connectivity index (χ2v) is 4.46. The summed E-state index contributed by atoms with van der Waals surface area (Å²) in [6.07, 6.45) is 2.27. The van der Waals surface area contributed by atoms with E-state index in [1.165, 1.54) is 0 Å². The second kappa shape index (κ2) is 4.44. The van der Waals surface area contributed by atoms with Crippen LogP contribution in [-0.4, -0.2) is 26.2 Å². The van der Waals surface area contributed by atoms with Crippen LogP contribution in [-0.2, 0) is 14.6 Å². The minimum Gasteiger partial charge on any atom is -0.291 e. The number of sulfone groups is 1. The summed E-state index contributed by atoms with van der Waals surface area (Å²) < 4.78 is 21.5. The molecule has 0 heterocycles. The van der Waals surface area contributed by atoms with Crippen molar-refractivity contribution in [3.8, 4) is 0 Å². The Bertz CT molecular complexity index is 181. The molecule has 0 bridgehead atoms. The van der Waals surface area contributed by atoms with E-state index in [1.54, 1.807) is 13.2 Å². The van der Waals surface area contributed by atoms with Crippen LogP contribution in [0, 0.1) is 0 Å². The minimum absolute atomic E-state index is 0.110. The van der Waals surface area contributed by atoms with Gasteiger partial charge in [-0.1, -0.05) is 6.92 Å². The molecule has 0 aliphatic heterocycles. The Morgan fingerprint density at radius 3 is 2.40 bits per heavy atom. The van der Waals surface area contributed by atoms with Crippen molar-refractivity contribution >= 4 is 16.1 Å². The maximum absolute atomic E-state index is 10.7. The van der Waals surface area contributed by atoms with E-state index < -0.39 is 9.84 Å². The zero-order valence-electron chi connectivity index (χ0n) is 5.96. The Kier molecular flexibility index (Phi) is 4.27. The van der Waals surface area contributed by atoms with E-state index in [9.17, 15) is 13.2 Å². The molecule has 0 aromatic carbocycles. The third-order valence-electron chi connectivity index (χ3n) is 1.17. The Hall–Kier alpha value is -0.380. The Morgan fingerprint density at radius 1 is 1.40 bits per heavy atom. The predicted molar refractivity (Wildman–Crippen MR) is 39.3 cm³/mol. The van der Waals surface area contributed by atoms with E-state index in [0.717, 1.165) is 0 Å². The summed E-state index contributed by atoms with van der Waals surface area (Å²) in [5.74, 6) is 0.268. The molecular formula is C6H11O3S. The van der Waals surface area contributed by atoms with Gasteiger partial charge in [-0.25, -0.2) is 8.42 Å². The fourth-order valence-corrected chi connectivity index (χ4v) is 1.38. The molecule has 0 fully saturated rings. The van der Waals surface area contributed by atoms with Crippen LogP contribution in [0.4, 0.5) is 0 Å². The van der Waals surface area contributed by atoms with Gasteiger partial charge < -0.3 is 0 Å². The maximum atomic E-state index is 10.7. The Labute approximate surface area is 61.4 Å². The molecule has 0 aliphatic rings. The van der Waals surface area contributed by atoms with Crippen molar-refractivity contribution in [2.24, 2.45) is 0 Å². The molecule has 0 rings (SSSR count). The average Bonchev–Trinajstić information content (AvgIpc) is 1.89. The van der Waals surface area contributed by atoms with Crippen LogP contribution in [0.2, 0.25) is 0 Å². The maximum Gasteiger partial charge on any atom is 0.198 e. The fraction of sp³-hybridized carbons (Fsp3) is 0.833. The summed E-state index contributed by atoms with van der Waals surface area (Å²) in [5.41, 5.74) is 0. The molecule has 0 spiro atoms. The van der Waals surface area contributed by atoms with Gasteiger partial charge in [-0.2, -0.15) is 0 Å². The van der Waals surface area contributed by atoms with Crippen molar-refractivity contribution in [2.45, 2.75) is 19.8 Å². The van der Waals surface area contributed by atoms with Gasteiger partial charge in [0.25, 0.3) is 0 Å². The molecule has 59 valence electrons. The van der Waals surface area contributed by atoms with Crippen LogP contribution in [0.5, 0.6) is 0 Å². The lowest BCUT2D eigenvalue weighted by Gasteiger charge is -1.95. The van der Waals surface area contributed by atoms with Crippen LogP contribution in [0.15, 0.2) is 0 Å². The van der Waals surface area contributed by atoms with Gasteiger partial charge in [0.2, 0.25) is 0 Å². The first-order valence-corrected chi connectivity index (χ1v) is 5.00. The van der Waals surface area contributed by atoms with Crippen LogP contribution < -0.4 is 0 Å². The predicted octanol–water partition coefficient (Wildman–Crippen LogP) is 0.311. The van der Waals surface area contributed by atoms with Crippen LogP contribution in [0.3, 0.4) is 0 Å². The molecule has 1 radical (unpaired) electrons. The van der Waals surface area contributed by atoms with Crippen molar-refractivity contribution in [3.05, 3.63) is 0 Å². The number of rotatable bonds is 5. The third-order valence-corrected chi connectivity index (χ3v) is 2.96. The topological polar surface area (TPSA) is 51.2 Å². The molecule has 4 heteroatoms. The second-order valence-electron chi connectivity index (χ2n) is 1.98. The van der Waals surface area contributed by atoms with Crippen molar-refractivity contribution in [1.82, 2.24) is 0 Å². The Balaban J connectivity index is 3.58. The van der Waals surface area contributed by atoms with E-state index >= 15 is 0 Å². The summed E-state index contributed by atoms with van der Waals surface area (Å²) in [4.78, 5) is 9.66. The molecule has 0 aliphatic carbocycles. The van der Waals surface area contributed by atoms with Crippen molar-refractivity contribution in [1.29, 1.82) is 0 Å². The van der Waals surface area contributed by atoms with Crippen molar-refractivity contribution < 1.29 is 13.2 Å². The van der Waals surface area contributed by atoms with Gasteiger partial charge in [-0.3, -0.25) is 4.79 Å². The highest BCUT2D eigenvalue weighted by atomic mass is 32.2. The van der Waals surface area contributed by atoms with Gasteiger partial charge in [-0.05, 0) is 6.42 Å². The lowest BCUT2D eigenvalue weighted by atomic mass is 10.4. The normalized spacial score (nSPS) is 11.3. The van der Waals surface area contributed by atoms with Crippen LogP contribution >= 0.6 is 0 Å². The number of hydrogen-bond donors (Lipinski definition) is 0. The molecule has 10 heavy (non-hydrogen) atoms. The summed E-state index contributed by atoms with van der Waals surface area (Å²) in [6.45, 7) is 1.60. The first kappa shape index (κ1) is 9.62. The van der Waals surface area contributed by atoms with Crippen LogP contribution in [0.1, 0.15) is 19.8 Å². The summed E-state index contributed by atoms with van der Waals surface area (Å²) >= 11 is 0. The number of carbonyl (C=O) groups excluding carboxylic acids is 1. The first-order chi connectivity index (χ1) is 4.62. The molecular weight excluding hydrogens is 152 g/mol. The van der Waals surface area contributed by atoms with Gasteiger partial charge >= 0.3 is 0 Å². The zero-order valence-corrected chi connectivity index (χ0v) is 6.78. The van der Waals surface area contributed by atoms with E-state index in [1.807, 2.05) is 0 Å². The van der Waals surface area contributed by atoms with Gasteiger partial charge in [0.05, 0.1) is 5.75 Å². The van der Waals surface area contributed by atoms with Crippen molar-refractivity contribution in [3.63, 3.8) is 0 Å². The molecule has 0 saturated heterocycles. The van der Waals surface area contributed by atoms with Gasteiger partial charge in [-0.15, -0.1) is 0 Å². The highest BCUT2D eigenvalue weighted by molar-refractivity contribution is 7.91. The van der Waals surface area contributed by atoms with Gasteiger partial charge in [0, 0.05) is 12.2 Å². The van der Waals surface area contributed by atoms with E-state index in [0.29, 0.717) is 6.42 Å².